The Morgan fingerprint density at radius 1 is 1.25 bits per heavy atom. The highest BCUT2D eigenvalue weighted by Gasteiger charge is 2.38. The fourth-order valence-corrected chi connectivity index (χ4v) is 5.80. The molecule has 3 rings (SSSR count). The fraction of sp³-hybridized carbons (Fsp3) is 0.476. The summed E-state index contributed by atoms with van der Waals surface area (Å²) in [6.07, 6.45) is 3.78. The summed E-state index contributed by atoms with van der Waals surface area (Å²) in [6.45, 7) is 3.24. The van der Waals surface area contributed by atoms with Crippen molar-refractivity contribution in [3.8, 4) is 16.9 Å². The Morgan fingerprint density at radius 3 is 2.50 bits per heavy atom. The summed E-state index contributed by atoms with van der Waals surface area (Å²) in [5.41, 5.74) is 1.58. The number of sulfonamides is 2. The molecule has 0 bridgehead atoms. The molecule has 3 atom stereocenters. The molecule has 2 heterocycles. The summed E-state index contributed by atoms with van der Waals surface area (Å²) in [5, 5.41) is 9.70. The number of ether oxygens (including phenoxy) is 1. The van der Waals surface area contributed by atoms with Gasteiger partial charge in [-0.15, -0.1) is 0 Å². The second kappa shape index (κ2) is 9.44. The van der Waals surface area contributed by atoms with Crippen molar-refractivity contribution in [1.29, 1.82) is 0 Å². The van der Waals surface area contributed by atoms with E-state index >= 15 is 0 Å². The van der Waals surface area contributed by atoms with Gasteiger partial charge in [-0.25, -0.2) is 21.1 Å². The Morgan fingerprint density at radius 2 is 1.91 bits per heavy atom. The number of hydrogen-bond acceptors (Lipinski definition) is 7. The van der Waals surface area contributed by atoms with Crippen molar-refractivity contribution < 1.29 is 26.7 Å². The predicted octanol–water partition coefficient (Wildman–Crippen LogP) is 1.41. The molecule has 1 aliphatic rings. The minimum atomic E-state index is -3.96. The second-order valence-electron chi connectivity index (χ2n) is 8.18. The van der Waals surface area contributed by atoms with Crippen molar-refractivity contribution >= 4 is 20.0 Å². The van der Waals surface area contributed by atoms with Crippen LogP contribution in [-0.4, -0.2) is 80.7 Å². The lowest BCUT2D eigenvalue weighted by Gasteiger charge is -2.37. The molecule has 11 heteroatoms. The topological polar surface area (TPSA) is 117 Å². The van der Waals surface area contributed by atoms with Crippen LogP contribution in [0.5, 0.6) is 5.75 Å². The zero-order chi connectivity index (χ0) is 23.7. The Kier molecular flexibility index (Phi) is 7.25. The molecule has 0 saturated heterocycles. The van der Waals surface area contributed by atoms with Gasteiger partial charge in [0.2, 0.25) is 20.0 Å². The van der Waals surface area contributed by atoms with Gasteiger partial charge in [0.15, 0.2) is 0 Å². The number of pyridine rings is 1. The van der Waals surface area contributed by atoms with Gasteiger partial charge in [-0.3, -0.25) is 4.98 Å². The Bertz CT molecular complexity index is 1160. The summed E-state index contributed by atoms with van der Waals surface area (Å²) in [6, 6.07) is 7.79. The number of hydrogen-bond donors (Lipinski definition) is 1. The summed E-state index contributed by atoms with van der Waals surface area (Å²) >= 11 is 0. The maximum Gasteiger partial charge on any atom is 0.247 e. The van der Waals surface area contributed by atoms with Crippen molar-refractivity contribution in [1.82, 2.24) is 13.6 Å². The monoisotopic (exact) mass is 483 g/mol. The third kappa shape index (κ3) is 5.12. The van der Waals surface area contributed by atoms with Gasteiger partial charge < -0.3 is 9.84 Å². The minimum absolute atomic E-state index is 0.0190. The van der Waals surface area contributed by atoms with Gasteiger partial charge in [0, 0.05) is 37.9 Å². The highest BCUT2D eigenvalue weighted by molar-refractivity contribution is 7.89. The van der Waals surface area contributed by atoms with Crippen LogP contribution in [0, 0.1) is 5.92 Å². The van der Waals surface area contributed by atoms with Gasteiger partial charge in [-0.05, 0) is 42.3 Å². The van der Waals surface area contributed by atoms with E-state index in [9.17, 15) is 21.9 Å². The van der Waals surface area contributed by atoms with Crippen LogP contribution >= 0.6 is 0 Å². The van der Waals surface area contributed by atoms with Gasteiger partial charge in [0.25, 0.3) is 0 Å². The molecule has 1 aromatic heterocycles. The van der Waals surface area contributed by atoms with Crippen LogP contribution < -0.4 is 4.74 Å². The normalized spacial score (nSPS) is 22.4. The van der Waals surface area contributed by atoms with E-state index < -0.39 is 32.2 Å². The number of aromatic nitrogens is 1. The number of fused-ring (bicyclic) bond motifs is 1. The number of aliphatic hydroxyl groups is 1. The first-order valence-electron chi connectivity index (χ1n) is 10.2. The van der Waals surface area contributed by atoms with E-state index in [-0.39, 0.29) is 36.3 Å². The smallest absolute Gasteiger partial charge is 0.247 e. The van der Waals surface area contributed by atoms with E-state index in [0.29, 0.717) is 0 Å². The maximum atomic E-state index is 13.5. The first-order valence-corrected chi connectivity index (χ1v) is 13.5. The van der Waals surface area contributed by atoms with Gasteiger partial charge in [0.1, 0.15) is 16.7 Å². The van der Waals surface area contributed by atoms with E-state index in [2.05, 4.69) is 4.98 Å². The summed E-state index contributed by atoms with van der Waals surface area (Å²) in [5.74, 6) is -0.200. The summed E-state index contributed by atoms with van der Waals surface area (Å²) in [4.78, 5) is 3.99. The SMILES string of the molecule is C[C@H]1CN([C@@H](C)CO)S(=O)(=O)c2ccc(-c3ccncc3)cc2O[C@H]1CN(C)S(C)(=O)=O. The van der Waals surface area contributed by atoms with Gasteiger partial charge in [-0.1, -0.05) is 13.0 Å². The standard InChI is InChI=1S/C21H29N3O6S2/c1-15-12-24(16(2)14-25)32(28,29)21-6-5-18(17-7-9-22-10-8-17)11-19(21)30-20(15)13-23(3)31(4,26)27/h5-11,15-16,20,25H,12-14H2,1-4H3/t15-,16-,20-/m0/s1. The van der Waals surface area contributed by atoms with Crippen molar-refractivity contribution in [2.75, 3.05) is 33.0 Å². The maximum absolute atomic E-state index is 13.5. The zero-order valence-electron chi connectivity index (χ0n) is 18.5. The lowest BCUT2D eigenvalue weighted by atomic mass is 10.0. The molecule has 1 N–H and O–H groups in total. The highest BCUT2D eigenvalue weighted by atomic mass is 32.2. The Labute approximate surface area is 189 Å². The third-order valence-corrected chi connectivity index (χ3v) is 8.98. The number of likely N-dealkylation sites (N-methyl/N-ethyl adjacent to an activating group) is 1. The van der Waals surface area contributed by atoms with E-state index in [0.717, 1.165) is 17.4 Å². The van der Waals surface area contributed by atoms with Crippen LogP contribution in [0.4, 0.5) is 0 Å². The number of rotatable bonds is 6. The first-order chi connectivity index (χ1) is 14.9. The minimum Gasteiger partial charge on any atom is -0.487 e. The molecule has 0 unspecified atom stereocenters. The fourth-order valence-electron chi connectivity index (χ4n) is 3.56. The third-order valence-electron chi connectivity index (χ3n) is 5.68. The lowest BCUT2D eigenvalue weighted by Crippen LogP contribution is -2.50. The van der Waals surface area contributed by atoms with Crippen LogP contribution in [0.1, 0.15) is 13.8 Å². The molecule has 1 aliphatic heterocycles. The van der Waals surface area contributed by atoms with Gasteiger partial charge in [-0.2, -0.15) is 4.31 Å². The van der Waals surface area contributed by atoms with E-state index in [4.69, 9.17) is 4.74 Å². The van der Waals surface area contributed by atoms with E-state index in [1.165, 1.54) is 21.7 Å². The molecule has 0 spiro atoms. The molecular weight excluding hydrogens is 454 g/mol. The van der Waals surface area contributed by atoms with Crippen molar-refractivity contribution in [2.45, 2.75) is 30.9 Å². The molecule has 0 saturated carbocycles. The molecule has 0 fully saturated rings. The van der Waals surface area contributed by atoms with Crippen LogP contribution in [-0.2, 0) is 20.0 Å². The molecule has 32 heavy (non-hydrogen) atoms. The number of benzene rings is 1. The molecule has 0 amide bonds. The molecular formula is C21H29N3O6S2. The van der Waals surface area contributed by atoms with Crippen molar-refractivity contribution in [2.24, 2.45) is 5.92 Å². The average Bonchev–Trinajstić information content (AvgIpc) is 2.75. The molecule has 2 aromatic rings. The summed E-state index contributed by atoms with van der Waals surface area (Å²) in [7, 11) is -5.96. The predicted molar refractivity (Wildman–Crippen MR) is 121 cm³/mol. The molecule has 0 radical (unpaired) electrons. The highest BCUT2D eigenvalue weighted by Crippen LogP contribution is 2.36. The van der Waals surface area contributed by atoms with Crippen LogP contribution in [0.25, 0.3) is 11.1 Å². The summed E-state index contributed by atoms with van der Waals surface area (Å²) < 4.78 is 59.6. The molecule has 1 aromatic carbocycles. The van der Waals surface area contributed by atoms with Crippen LogP contribution in [0.2, 0.25) is 0 Å². The van der Waals surface area contributed by atoms with E-state index in [1.54, 1.807) is 43.6 Å². The number of aliphatic hydroxyl groups excluding tert-OH is 1. The quantitative estimate of drug-likeness (QED) is 0.660. The number of nitrogens with zero attached hydrogens (tertiary/aromatic N) is 3. The average molecular weight is 484 g/mol. The van der Waals surface area contributed by atoms with Crippen molar-refractivity contribution in [3.63, 3.8) is 0 Å². The molecule has 9 nitrogen and oxygen atoms in total. The Balaban J connectivity index is 2.14. The molecule has 176 valence electrons. The lowest BCUT2D eigenvalue weighted by molar-refractivity contribution is 0.0906. The first kappa shape index (κ1) is 24.6. The van der Waals surface area contributed by atoms with Crippen molar-refractivity contribution in [3.05, 3.63) is 42.7 Å². The van der Waals surface area contributed by atoms with Gasteiger partial charge in [0.05, 0.1) is 19.4 Å². The van der Waals surface area contributed by atoms with Gasteiger partial charge >= 0.3 is 0 Å². The molecule has 0 aliphatic carbocycles. The Hall–Kier alpha value is -2.05. The zero-order valence-corrected chi connectivity index (χ0v) is 20.2. The van der Waals surface area contributed by atoms with E-state index in [1.807, 2.05) is 6.92 Å². The van der Waals surface area contributed by atoms with Crippen LogP contribution in [0.3, 0.4) is 0 Å². The van der Waals surface area contributed by atoms with Crippen LogP contribution in [0.15, 0.2) is 47.6 Å². The second-order valence-corrected chi connectivity index (χ2v) is 12.1. The largest absolute Gasteiger partial charge is 0.487 e.